The van der Waals surface area contributed by atoms with Crippen molar-refractivity contribution in [1.29, 1.82) is 0 Å². The van der Waals surface area contributed by atoms with Crippen LogP contribution in [0, 0.1) is 0 Å². The van der Waals surface area contributed by atoms with Crippen LogP contribution in [0.15, 0.2) is 21.7 Å². The predicted octanol–water partition coefficient (Wildman–Crippen LogP) is 0.357. The summed E-state index contributed by atoms with van der Waals surface area (Å²) < 4.78 is 31.9. The van der Waals surface area contributed by atoms with Crippen LogP contribution in [0.4, 0.5) is 0 Å². The molecule has 1 N–H and O–H groups in total. The van der Waals surface area contributed by atoms with E-state index >= 15 is 0 Å². The number of rotatable bonds is 4. The lowest BCUT2D eigenvalue weighted by molar-refractivity contribution is 0.000880. The van der Waals surface area contributed by atoms with E-state index in [1.807, 2.05) is 7.05 Å². The van der Waals surface area contributed by atoms with Gasteiger partial charge in [-0.15, -0.1) is 11.3 Å². The molecule has 0 aromatic carbocycles. The minimum absolute atomic E-state index is 0.0662. The zero-order valence-electron chi connectivity index (χ0n) is 9.63. The highest BCUT2D eigenvalue weighted by molar-refractivity contribution is 7.91. The van der Waals surface area contributed by atoms with Gasteiger partial charge in [0.2, 0.25) is 0 Å². The number of nitrogens with one attached hydrogen (secondary N) is 1. The fourth-order valence-corrected chi connectivity index (χ4v) is 4.40. The molecule has 1 aliphatic rings. The first-order valence-electron chi connectivity index (χ1n) is 5.44. The van der Waals surface area contributed by atoms with Gasteiger partial charge in [0.25, 0.3) is 10.0 Å². The maximum absolute atomic E-state index is 12.3. The molecule has 1 aromatic rings. The normalized spacial score (nSPS) is 22.8. The summed E-state index contributed by atoms with van der Waals surface area (Å²) in [5.41, 5.74) is 0. The molecule has 5 nitrogen and oxygen atoms in total. The molecule has 2 rings (SSSR count). The van der Waals surface area contributed by atoms with Gasteiger partial charge in [0.15, 0.2) is 0 Å². The van der Waals surface area contributed by atoms with E-state index in [0.717, 1.165) is 0 Å². The third kappa shape index (κ3) is 2.86. The first kappa shape index (κ1) is 13.0. The molecule has 1 atom stereocenters. The molecule has 0 radical (unpaired) electrons. The van der Waals surface area contributed by atoms with Gasteiger partial charge in [-0.05, 0) is 18.5 Å². The van der Waals surface area contributed by atoms with E-state index in [4.69, 9.17) is 4.74 Å². The van der Waals surface area contributed by atoms with Crippen LogP contribution in [0.2, 0.25) is 0 Å². The van der Waals surface area contributed by atoms with E-state index in [-0.39, 0.29) is 6.10 Å². The highest BCUT2D eigenvalue weighted by Crippen LogP contribution is 2.22. The molecule has 1 unspecified atom stereocenters. The molecule has 0 spiro atoms. The third-order valence-electron chi connectivity index (χ3n) is 2.62. The van der Waals surface area contributed by atoms with Gasteiger partial charge < -0.3 is 10.1 Å². The third-order valence-corrected chi connectivity index (χ3v) is 5.86. The smallest absolute Gasteiger partial charge is 0.252 e. The van der Waals surface area contributed by atoms with E-state index in [0.29, 0.717) is 30.5 Å². The molecular formula is C10H16N2O3S2. The van der Waals surface area contributed by atoms with Gasteiger partial charge in [-0.1, -0.05) is 6.07 Å². The Bertz CT molecular complexity index is 442. The summed E-state index contributed by atoms with van der Waals surface area (Å²) in [7, 11) is -1.50. The topological polar surface area (TPSA) is 58.6 Å². The minimum Gasteiger partial charge on any atom is -0.374 e. The lowest BCUT2D eigenvalue weighted by Gasteiger charge is -2.31. The van der Waals surface area contributed by atoms with Crippen molar-refractivity contribution in [3.63, 3.8) is 0 Å². The maximum atomic E-state index is 12.3. The van der Waals surface area contributed by atoms with Gasteiger partial charge in [0.05, 0.1) is 12.7 Å². The SMILES string of the molecule is CNCC1CN(S(=O)(=O)c2cccs2)CCO1. The second-order valence-corrected chi connectivity index (χ2v) is 6.96. The molecule has 0 bridgehead atoms. The predicted molar refractivity (Wildman–Crippen MR) is 66.7 cm³/mol. The number of likely N-dealkylation sites (N-methyl/N-ethyl adjacent to an activating group) is 1. The molecule has 2 heterocycles. The molecule has 0 saturated carbocycles. The Hall–Kier alpha value is -0.470. The number of hydrogen-bond acceptors (Lipinski definition) is 5. The Kier molecular flexibility index (Phi) is 4.16. The summed E-state index contributed by atoms with van der Waals surface area (Å²) in [6.45, 7) is 1.97. The molecule has 1 saturated heterocycles. The van der Waals surface area contributed by atoms with Gasteiger partial charge in [-0.2, -0.15) is 4.31 Å². The fraction of sp³-hybridized carbons (Fsp3) is 0.600. The van der Waals surface area contributed by atoms with E-state index in [1.54, 1.807) is 17.5 Å². The molecule has 1 aromatic heterocycles. The summed E-state index contributed by atoms with van der Waals surface area (Å²) in [5, 5.41) is 4.78. The van der Waals surface area contributed by atoms with E-state index in [9.17, 15) is 8.42 Å². The van der Waals surface area contributed by atoms with Crippen molar-refractivity contribution >= 4 is 21.4 Å². The number of thiophene rings is 1. The van der Waals surface area contributed by atoms with Crippen molar-refractivity contribution in [2.24, 2.45) is 0 Å². The monoisotopic (exact) mass is 276 g/mol. The highest BCUT2D eigenvalue weighted by Gasteiger charge is 2.30. The average molecular weight is 276 g/mol. The molecule has 7 heteroatoms. The maximum Gasteiger partial charge on any atom is 0.252 e. The molecule has 0 amide bonds. The Morgan fingerprint density at radius 2 is 2.47 bits per heavy atom. The van der Waals surface area contributed by atoms with Crippen LogP contribution >= 0.6 is 11.3 Å². The van der Waals surface area contributed by atoms with Crippen molar-refractivity contribution in [2.45, 2.75) is 10.3 Å². The van der Waals surface area contributed by atoms with Crippen LogP contribution in [0.5, 0.6) is 0 Å². The Morgan fingerprint density at radius 3 is 3.12 bits per heavy atom. The Balaban J connectivity index is 2.12. The summed E-state index contributed by atoms with van der Waals surface area (Å²) in [6, 6.07) is 3.39. The lowest BCUT2D eigenvalue weighted by Crippen LogP contribution is -2.48. The van der Waals surface area contributed by atoms with E-state index in [1.165, 1.54) is 15.6 Å². The molecule has 0 aliphatic carbocycles. The van der Waals surface area contributed by atoms with Crippen LogP contribution in [-0.4, -0.2) is 52.1 Å². The molecular weight excluding hydrogens is 260 g/mol. The molecule has 17 heavy (non-hydrogen) atoms. The zero-order valence-corrected chi connectivity index (χ0v) is 11.3. The molecule has 1 fully saturated rings. The summed E-state index contributed by atoms with van der Waals surface area (Å²) in [5.74, 6) is 0. The number of hydrogen-bond donors (Lipinski definition) is 1. The first-order chi connectivity index (χ1) is 8.14. The van der Waals surface area contributed by atoms with E-state index in [2.05, 4.69) is 5.32 Å². The standard InChI is InChI=1S/C10H16N2O3S2/c1-11-7-9-8-12(4-5-15-9)17(13,14)10-3-2-6-16-10/h2-3,6,9,11H,4-5,7-8H2,1H3. The van der Waals surface area contributed by atoms with Gasteiger partial charge in [0.1, 0.15) is 4.21 Å². The van der Waals surface area contributed by atoms with Gasteiger partial charge in [-0.25, -0.2) is 8.42 Å². The quantitative estimate of drug-likeness (QED) is 0.862. The van der Waals surface area contributed by atoms with Crippen molar-refractivity contribution in [1.82, 2.24) is 9.62 Å². The van der Waals surface area contributed by atoms with Crippen molar-refractivity contribution in [2.75, 3.05) is 33.3 Å². The van der Waals surface area contributed by atoms with Gasteiger partial charge in [-0.3, -0.25) is 0 Å². The van der Waals surface area contributed by atoms with Crippen molar-refractivity contribution in [3.05, 3.63) is 17.5 Å². The summed E-state index contributed by atoms with van der Waals surface area (Å²) in [4.78, 5) is 0. The first-order valence-corrected chi connectivity index (χ1v) is 7.76. The second-order valence-electron chi connectivity index (χ2n) is 3.85. The number of nitrogens with zero attached hydrogens (tertiary/aromatic N) is 1. The average Bonchev–Trinajstić information content (AvgIpc) is 2.84. The lowest BCUT2D eigenvalue weighted by atomic mass is 10.3. The largest absolute Gasteiger partial charge is 0.374 e. The molecule has 96 valence electrons. The van der Waals surface area contributed by atoms with Crippen LogP contribution in [0.25, 0.3) is 0 Å². The van der Waals surface area contributed by atoms with Crippen LogP contribution in [-0.2, 0) is 14.8 Å². The Labute approximate surface area is 105 Å². The molecule has 1 aliphatic heterocycles. The number of sulfonamides is 1. The minimum atomic E-state index is -3.33. The zero-order chi connectivity index (χ0) is 12.3. The van der Waals surface area contributed by atoms with E-state index < -0.39 is 10.0 Å². The van der Waals surface area contributed by atoms with Crippen LogP contribution in [0.1, 0.15) is 0 Å². The van der Waals surface area contributed by atoms with Crippen LogP contribution in [0.3, 0.4) is 0 Å². The summed E-state index contributed by atoms with van der Waals surface area (Å²) in [6.07, 6.45) is -0.0662. The van der Waals surface area contributed by atoms with Crippen molar-refractivity contribution in [3.8, 4) is 0 Å². The van der Waals surface area contributed by atoms with Crippen molar-refractivity contribution < 1.29 is 13.2 Å². The fourth-order valence-electron chi connectivity index (χ4n) is 1.80. The van der Waals surface area contributed by atoms with Crippen LogP contribution < -0.4 is 5.32 Å². The van der Waals surface area contributed by atoms with Gasteiger partial charge >= 0.3 is 0 Å². The summed E-state index contributed by atoms with van der Waals surface area (Å²) >= 11 is 1.25. The highest BCUT2D eigenvalue weighted by atomic mass is 32.2. The number of ether oxygens (including phenoxy) is 1. The van der Waals surface area contributed by atoms with Gasteiger partial charge in [0, 0.05) is 19.6 Å². The second kappa shape index (κ2) is 5.45. The Morgan fingerprint density at radius 1 is 1.65 bits per heavy atom. The number of morpholine rings is 1.